The maximum absolute atomic E-state index is 13.6. The summed E-state index contributed by atoms with van der Waals surface area (Å²) < 4.78 is 10.6. The van der Waals surface area contributed by atoms with Crippen LogP contribution in [0.25, 0.3) is 0 Å². The van der Waals surface area contributed by atoms with Crippen molar-refractivity contribution in [1.82, 2.24) is 14.7 Å². The predicted octanol–water partition coefficient (Wildman–Crippen LogP) is 1.69. The summed E-state index contributed by atoms with van der Waals surface area (Å²) in [6, 6.07) is 5.03. The van der Waals surface area contributed by atoms with Gasteiger partial charge in [-0.3, -0.25) is 33.8 Å². The predicted molar refractivity (Wildman–Crippen MR) is 132 cm³/mol. The second-order valence-corrected chi connectivity index (χ2v) is 10.7. The quantitative estimate of drug-likeness (QED) is 0.401. The van der Waals surface area contributed by atoms with Crippen molar-refractivity contribution in [3.05, 3.63) is 35.9 Å². The van der Waals surface area contributed by atoms with Crippen LogP contribution in [0.3, 0.4) is 0 Å². The third kappa shape index (κ3) is 5.84. The number of rotatable bonds is 5. The van der Waals surface area contributed by atoms with Gasteiger partial charge in [0.25, 0.3) is 11.8 Å². The Morgan fingerprint density at radius 2 is 1.21 bits per heavy atom. The molecular formula is C27H31N3O9. The van der Waals surface area contributed by atoms with Gasteiger partial charge in [-0.2, -0.15) is 0 Å². The van der Waals surface area contributed by atoms with Crippen LogP contribution < -0.4 is 0 Å². The van der Waals surface area contributed by atoms with E-state index >= 15 is 0 Å². The molecule has 12 heteroatoms. The minimum Gasteiger partial charge on any atom is -0.459 e. The van der Waals surface area contributed by atoms with Crippen LogP contribution in [0.5, 0.6) is 0 Å². The Labute approximate surface area is 225 Å². The fourth-order valence-corrected chi connectivity index (χ4v) is 4.98. The molecule has 3 aliphatic heterocycles. The fraction of sp³-hybridized carbons (Fsp3) is 0.519. The minimum atomic E-state index is -1.35. The zero-order valence-electron chi connectivity index (χ0n) is 22.1. The van der Waals surface area contributed by atoms with Crippen LogP contribution in [0.15, 0.2) is 30.3 Å². The number of hydrogen-bond acceptors (Lipinski definition) is 9. The summed E-state index contributed by atoms with van der Waals surface area (Å²) in [5.74, 6) is -4.45. The molecular weight excluding hydrogens is 510 g/mol. The normalized spacial score (nSPS) is 23.4. The molecule has 1 aromatic rings. The van der Waals surface area contributed by atoms with Crippen molar-refractivity contribution < 1.29 is 43.0 Å². The van der Waals surface area contributed by atoms with Gasteiger partial charge in [-0.25, -0.2) is 14.5 Å². The van der Waals surface area contributed by atoms with Gasteiger partial charge in [0.2, 0.25) is 17.7 Å². The number of hydrogen-bond donors (Lipinski definition) is 0. The van der Waals surface area contributed by atoms with Gasteiger partial charge in [0, 0.05) is 19.3 Å². The maximum atomic E-state index is 13.6. The van der Waals surface area contributed by atoms with E-state index in [0.29, 0.717) is 4.90 Å². The molecule has 0 aliphatic carbocycles. The lowest BCUT2D eigenvalue weighted by atomic mass is 10.1. The number of carbonyl (C=O) groups excluding carboxylic acids is 7. The highest BCUT2D eigenvalue weighted by Crippen LogP contribution is 2.31. The van der Waals surface area contributed by atoms with E-state index in [1.807, 2.05) is 6.07 Å². The highest BCUT2D eigenvalue weighted by Gasteiger charge is 2.52. The largest absolute Gasteiger partial charge is 0.459 e. The van der Waals surface area contributed by atoms with Crippen molar-refractivity contribution in [3.63, 3.8) is 0 Å². The number of amides is 6. The van der Waals surface area contributed by atoms with Crippen LogP contribution >= 0.6 is 0 Å². The Morgan fingerprint density at radius 1 is 0.744 bits per heavy atom. The molecule has 3 atom stereocenters. The van der Waals surface area contributed by atoms with Gasteiger partial charge in [0.1, 0.15) is 30.3 Å². The van der Waals surface area contributed by atoms with Crippen LogP contribution in [-0.4, -0.2) is 80.0 Å². The topological polar surface area (TPSA) is 148 Å². The van der Waals surface area contributed by atoms with Crippen molar-refractivity contribution in [3.8, 4) is 0 Å². The summed E-state index contributed by atoms with van der Waals surface area (Å²) in [5.41, 5.74) is -0.206. The van der Waals surface area contributed by atoms with Crippen molar-refractivity contribution in [2.24, 2.45) is 0 Å². The van der Waals surface area contributed by atoms with Crippen LogP contribution in [0.4, 0.5) is 4.79 Å². The molecule has 0 saturated carbocycles. The number of benzene rings is 1. The molecule has 0 N–H and O–H groups in total. The van der Waals surface area contributed by atoms with E-state index in [1.54, 1.807) is 45.0 Å². The van der Waals surface area contributed by atoms with E-state index < -0.39 is 65.3 Å². The Bertz CT molecular complexity index is 1210. The molecule has 0 unspecified atom stereocenters. The summed E-state index contributed by atoms with van der Waals surface area (Å²) in [7, 11) is 0. The molecule has 39 heavy (non-hydrogen) atoms. The van der Waals surface area contributed by atoms with Gasteiger partial charge in [-0.1, -0.05) is 30.3 Å². The molecule has 3 saturated heterocycles. The maximum Gasteiger partial charge on any atom is 0.417 e. The number of carbonyl (C=O) groups is 7. The molecule has 0 bridgehead atoms. The van der Waals surface area contributed by atoms with E-state index in [0.717, 1.165) is 15.4 Å². The Kier molecular flexibility index (Phi) is 7.84. The minimum absolute atomic E-state index is 0.0430. The zero-order valence-corrected chi connectivity index (χ0v) is 22.1. The highest BCUT2D eigenvalue weighted by molar-refractivity contribution is 6.11. The van der Waals surface area contributed by atoms with E-state index in [-0.39, 0.29) is 45.1 Å². The number of ether oxygens (including phenoxy) is 2. The zero-order chi connectivity index (χ0) is 28.5. The third-order valence-corrected chi connectivity index (χ3v) is 6.77. The lowest BCUT2D eigenvalue weighted by Crippen LogP contribution is -2.57. The molecule has 3 fully saturated rings. The number of esters is 1. The monoisotopic (exact) mass is 541 g/mol. The molecule has 4 rings (SSSR count). The smallest absolute Gasteiger partial charge is 0.417 e. The summed E-state index contributed by atoms with van der Waals surface area (Å²) in [6.07, 6.45) is -1.42. The lowest BCUT2D eigenvalue weighted by Gasteiger charge is -2.32. The van der Waals surface area contributed by atoms with Crippen LogP contribution in [0, 0.1) is 0 Å². The van der Waals surface area contributed by atoms with Crippen LogP contribution in [0.2, 0.25) is 0 Å². The third-order valence-electron chi connectivity index (χ3n) is 6.77. The van der Waals surface area contributed by atoms with Crippen molar-refractivity contribution in [2.75, 3.05) is 0 Å². The van der Waals surface area contributed by atoms with E-state index in [2.05, 4.69) is 0 Å². The molecule has 0 aromatic heterocycles. The molecule has 12 nitrogen and oxygen atoms in total. The summed E-state index contributed by atoms with van der Waals surface area (Å²) in [6.45, 7) is 4.77. The molecule has 0 radical (unpaired) electrons. The average Bonchev–Trinajstić information content (AvgIpc) is 3.57. The SMILES string of the molecule is CC(C)(C)OC(=O)N1C(=O)CC[C@H]1C(=O)N1C(=O)CC[C@H]1C(=O)N1C(=O)CC[C@H]1C(=O)OCc1ccccc1. The Morgan fingerprint density at radius 3 is 1.74 bits per heavy atom. The lowest BCUT2D eigenvalue weighted by molar-refractivity contribution is -0.162. The first-order valence-electron chi connectivity index (χ1n) is 12.9. The van der Waals surface area contributed by atoms with E-state index in [1.165, 1.54) is 0 Å². The first-order valence-corrected chi connectivity index (χ1v) is 12.9. The molecule has 208 valence electrons. The Hall–Kier alpha value is -4.09. The van der Waals surface area contributed by atoms with E-state index in [4.69, 9.17) is 9.47 Å². The molecule has 6 amide bonds. The first kappa shape index (κ1) is 27.9. The van der Waals surface area contributed by atoms with Crippen molar-refractivity contribution >= 4 is 41.6 Å². The fourth-order valence-electron chi connectivity index (χ4n) is 4.98. The Balaban J connectivity index is 1.51. The van der Waals surface area contributed by atoms with Gasteiger partial charge in [-0.15, -0.1) is 0 Å². The second kappa shape index (κ2) is 11.0. The van der Waals surface area contributed by atoms with Gasteiger partial charge in [-0.05, 0) is 45.6 Å². The highest BCUT2D eigenvalue weighted by atomic mass is 16.6. The second-order valence-electron chi connectivity index (χ2n) is 10.7. The van der Waals surface area contributed by atoms with Crippen LogP contribution in [-0.2, 0) is 44.8 Å². The standard InChI is InChI=1S/C27H31N3O9/c1-27(2,3)39-26(37)30-18(10-13-22(30)33)24(35)28-17(9-12-20(28)31)23(34)29-19(11-14-21(29)32)25(36)38-15-16-7-5-4-6-8-16/h4-8,17-19H,9-15H2,1-3H3/t17-,18-,19-/m0/s1. The van der Waals surface area contributed by atoms with E-state index in [9.17, 15) is 33.6 Å². The van der Waals surface area contributed by atoms with Gasteiger partial charge < -0.3 is 9.47 Å². The number of nitrogens with zero attached hydrogens (tertiary/aromatic N) is 3. The first-order chi connectivity index (χ1) is 18.4. The summed E-state index contributed by atoms with van der Waals surface area (Å²) >= 11 is 0. The molecule has 0 spiro atoms. The molecule has 1 aromatic carbocycles. The van der Waals surface area contributed by atoms with Crippen molar-refractivity contribution in [2.45, 2.75) is 89.6 Å². The van der Waals surface area contributed by atoms with Gasteiger partial charge in [0.05, 0.1) is 0 Å². The van der Waals surface area contributed by atoms with Gasteiger partial charge in [0.15, 0.2) is 0 Å². The average molecular weight is 542 g/mol. The summed E-state index contributed by atoms with van der Waals surface area (Å²) in [5, 5.41) is 0. The van der Waals surface area contributed by atoms with Gasteiger partial charge >= 0.3 is 12.1 Å². The number of likely N-dealkylation sites (tertiary alicyclic amines) is 3. The van der Waals surface area contributed by atoms with Crippen LogP contribution in [0.1, 0.15) is 64.9 Å². The summed E-state index contributed by atoms with van der Waals surface area (Å²) in [4.78, 5) is 92.7. The molecule has 3 heterocycles. The number of imide groups is 3. The van der Waals surface area contributed by atoms with Crippen molar-refractivity contribution in [1.29, 1.82) is 0 Å². The molecule has 3 aliphatic rings.